The SMILES string of the molecule is C=CCN(CSC(=O)Cc1ccccc1)C1CCCCC1. The van der Waals surface area contributed by atoms with Crippen LogP contribution in [0.4, 0.5) is 0 Å². The van der Waals surface area contributed by atoms with Crippen molar-refractivity contribution in [1.82, 2.24) is 4.90 Å². The molecular formula is C18H25NOS. The van der Waals surface area contributed by atoms with Crippen molar-refractivity contribution in [1.29, 1.82) is 0 Å². The summed E-state index contributed by atoms with van der Waals surface area (Å²) in [5.41, 5.74) is 1.10. The van der Waals surface area contributed by atoms with Gasteiger partial charge < -0.3 is 0 Å². The Bertz CT molecular complexity index is 440. The van der Waals surface area contributed by atoms with E-state index in [9.17, 15) is 4.79 Å². The average molecular weight is 303 g/mol. The van der Waals surface area contributed by atoms with Crippen molar-refractivity contribution in [2.75, 3.05) is 12.4 Å². The average Bonchev–Trinajstić information content (AvgIpc) is 2.53. The van der Waals surface area contributed by atoms with E-state index in [0.29, 0.717) is 12.5 Å². The van der Waals surface area contributed by atoms with Crippen molar-refractivity contribution in [3.8, 4) is 0 Å². The van der Waals surface area contributed by atoms with Crippen LogP contribution < -0.4 is 0 Å². The molecule has 1 fully saturated rings. The fraction of sp³-hybridized carbons (Fsp3) is 0.500. The Morgan fingerprint density at radius 1 is 1.24 bits per heavy atom. The molecule has 3 heteroatoms. The zero-order chi connectivity index (χ0) is 14.9. The first-order chi connectivity index (χ1) is 10.3. The van der Waals surface area contributed by atoms with Crippen LogP contribution in [0.5, 0.6) is 0 Å². The van der Waals surface area contributed by atoms with E-state index < -0.39 is 0 Å². The van der Waals surface area contributed by atoms with Gasteiger partial charge in [0.15, 0.2) is 5.12 Å². The topological polar surface area (TPSA) is 20.3 Å². The molecule has 1 aliphatic carbocycles. The van der Waals surface area contributed by atoms with Crippen molar-refractivity contribution in [3.63, 3.8) is 0 Å². The predicted molar refractivity (Wildman–Crippen MR) is 91.4 cm³/mol. The number of nitrogens with zero attached hydrogens (tertiary/aromatic N) is 1. The summed E-state index contributed by atoms with van der Waals surface area (Å²) in [7, 11) is 0. The Morgan fingerprint density at radius 2 is 1.95 bits per heavy atom. The third-order valence-electron chi connectivity index (χ3n) is 4.04. The zero-order valence-corrected chi connectivity index (χ0v) is 13.5. The first kappa shape index (κ1) is 16.3. The highest BCUT2D eigenvalue weighted by atomic mass is 32.2. The molecule has 0 aromatic heterocycles. The molecule has 0 heterocycles. The summed E-state index contributed by atoms with van der Waals surface area (Å²) in [5.74, 6) is 0.794. The van der Waals surface area contributed by atoms with E-state index in [2.05, 4.69) is 11.5 Å². The summed E-state index contributed by atoms with van der Waals surface area (Å²) in [4.78, 5) is 14.5. The number of rotatable bonds is 7. The Hall–Kier alpha value is -1.06. The molecule has 0 bridgehead atoms. The molecular weight excluding hydrogens is 278 g/mol. The number of benzene rings is 1. The van der Waals surface area contributed by atoms with Gasteiger partial charge in [0, 0.05) is 19.0 Å². The minimum atomic E-state index is 0.256. The van der Waals surface area contributed by atoms with Crippen LogP contribution in [0.2, 0.25) is 0 Å². The molecule has 0 aliphatic heterocycles. The first-order valence-corrected chi connectivity index (χ1v) is 8.82. The third kappa shape index (κ3) is 5.68. The Balaban J connectivity index is 1.80. The van der Waals surface area contributed by atoms with E-state index in [1.807, 2.05) is 36.4 Å². The molecule has 1 aliphatic rings. The molecule has 0 radical (unpaired) electrons. The van der Waals surface area contributed by atoms with Crippen molar-refractivity contribution >= 4 is 16.9 Å². The second-order valence-corrected chi connectivity index (χ2v) is 6.66. The van der Waals surface area contributed by atoms with Gasteiger partial charge in [-0.15, -0.1) is 6.58 Å². The lowest BCUT2D eigenvalue weighted by atomic mass is 9.94. The normalized spacial score (nSPS) is 16.0. The van der Waals surface area contributed by atoms with Crippen molar-refractivity contribution < 1.29 is 4.79 Å². The third-order valence-corrected chi connectivity index (χ3v) is 4.96. The molecule has 1 aromatic carbocycles. The summed E-state index contributed by atoms with van der Waals surface area (Å²) in [6.45, 7) is 4.74. The lowest BCUT2D eigenvalue weighted by molar-refractivity contribution is -0.110. The van der Waals surface area contributed by atoms with E-state index in [1.165, 1.54) is 43.9 Å². The van der Waals surface area contributed by atoms with Crippen LogP contribution in [0.15, 0.2) is 43.0 Å². The highest BCUT2D eigenvalue weighted by Crippen LogP contribution is 2.24. The highest BCUT2D eigenvalue weighted by Gasteiger charge is 2.20. The fourth-order valence-electron chi connectivity index (χ4n) is 2.89. The molecule has 2 nitrogen and oxygen atoms in total. The smallest absolute Gasteiger partial charge is 0.194 e. The fourth-order valence-corrected chi connectivity index (χ4v) is 3.78. The molecule has 1 aromatic rings. The highest BCUT2D eigenvalue weighted by molar-refractivity contribution is 8.13. The Kier molecular flexibility index (Phi) is 7.04. The predicted octanol–water partition coefficient (Wildman–Crippen LogP) is 4.27. The lowest BCUT2D eigenvalue weighted by Crippen LogP contribution is -2.37. The Labute approximate surface area is 132 Å². The molecule has 0 spiro atoms. The second kappa shape index (κ2) is 9.06. The molecule has 0 atom stereocenters. The van der Waals surface area contributed by atoms with Crippen molar-refractivity contribution in [3.05, 3.63) is 48.6 Å². The Morgan fingerprint density at radius 3 is 2.62 bits per heavy atom. The number of hydrogen-bond donors (Lipinski definition) is 0. The molecule has 21 heavy (non-hydrogen) atoms. The van der Waals surface area contributed by atoms with E-state index in [-0.39, 0.29) is 5.12 Å². The largest absolute Gasteiger partial charge is 0.287 e. The van der Waals surface area contributed by atoms with Crippen LogP contribution >= 0.6 is 11.8 Å². The summed E-state index contributed by atoms with van der Waals surface area (Å²) in [5, 5.41) is 0.256. The van der Waals surface area contributed by atoms with E-state index in [1.54, 1.807) is 0 Å². The molecule has 114 valence electrons. The summed E-state index contributed by atoms with van der Waals surface area (Å²) in [6.07, 6.45) is 9.01. The van der Waals surface area contributed by atoms with Gasteiger partial charge in [-0.25, -0.2) is 0 Å². The monoisotopic (exact) mass is 303 g/mol. The minimum absolute atomic E-state index is 0.256. The molecule has 1 saturated carbocycles. The van der Waals surface area contributed by atoms with Gasteiger partial charge in [-0.1, -0.05) is 67.4 Å². The van der Waals surface area contributed by atoms with Crippen LogP contribution in [-0.4, -0.2) is 28.5 Å². The molecule has 0 N–H and O–H groups in total. The van der Waals surface area contributed by atoms with Gasteiger partial charge in [0.05, 0.1) is 5.88 Å². The summed E-state index contributed by atoms with van der Waals surface area (Å²) < 4.78 is 0. The minimum Gasteiger partial charge on any atom is -0.287 e. The van der Waals surface area contributed by atoms with Crippen LogP contribution in [-0.2, 0) is 11.2 Å². The van der Waals surface area contributed by atoms with Gasteiger partial charge in [0.2, 0.25) is 0 Å². The lowest BCUT2D eigenvalue weighted by Gasteiger charge is -2.33. The molecule has 0 unspecified atom stereocenters. The van der Waals surface area contributed by atoms with Crippen LogP contribution in [0.3, 0.4) is 0 Å². The van der Waals surface area contributed by atoms with Gasteiger partial charge in [0.1, 0.15) is 0 Å². The molecule has 2 rings (SSSR count). The van der Waals surface area contributed by atoms with Gasteiger partial charge >= 0.3 is 0 Å². The van der Waals surface area contributed by atoms with Crippen molar-refractivity contribution in [2.45, 2.75) is 44.6 Å². The van der Waals surface area contributed by atoms with Crippen LogP contribution in [0.1, 0.15) is 37.7 Å². The maximum Gasteiger partial charge on any atom is 0.194 e. The quantitative estimate of drug-likeness (QED) is 0.554. The summed E-state index contributed by atoms with van der Waals surface area (Å²) >= 11 is 1.45. The van der Waals surface area contributed by atoms with Gasteiger partial charge in [-0.3, -0.25) is 9.69 Å². The van der Waals surface area contributed by atoms with Gasteiger partial charge in [-0.2, -0.15) is 0 Å². The van der Waals surface area contributed by atoms with E-state index >= 15 is 0 Å². The maximum absolute atomic E-state index is 12.1. The number of carbonyl (C=O) groups is 1. The maximum atomic E-state index is 12.1. The first-order valence-electron chi connectivity index (χ1n) is 7.84. The molecule has 0 amide bonds. The number of thioether (sulfide) groups is 1. The van der Waals surface area contributed by atoms with E-state index in [0.717, 1.165) is 18.0 Å². The number of carbonyl (C=O) groups excluding carboxylic acids is 1. The zero-order valence-electron chi connectivity index (χ0n) is 12.7. The second-order valence-electron chi connectivity index (χ2n) is 5.66. The standard InChI is InChI=1S/C18H25NOS/c1-2-13-19(17-11-7-4-8-12-17)15-21-18(20)14-16-9-5-3-6-10-16/h2-3,5-6,9-10,17H,1,4,7-8,11-15H2. The van der Waals surface area contributed by atoms with E-state index in [4.69, 9.17) is 0 Å². The number of hydrogen-bond acceptors (Lipinski definition) is 3. The van der Waals surface area contributed by atoms with Crippen LogP contribution in [0.25, 0.3) is 0 Å². The van der Waals surface area contributed by atoms with Crippen LogP contribution in [0, 0.1) is 0 Å². The van der Waals surface area contributed by atoms with Gasteiger partial charge in [-0.05, 0) is 18.4 Å². The van der Waals surface area contributed by atoms with Gasteiger partial charge in [0.25, 0.3) is 0 Å². The molecule has 0 saturated heterocycles. The summed E-state index contributed by atoms with van der Waals surface area (Å²) in [6, 6.07) is 10.6. The van der Waals surface area contributed by atoms with Crippen molar-refractivity contribution in [2.24, 2.45) is 0 Å².